The first kappa shape index (κ1) is 24.3. The minimum atomic E-state index is -4.62. The molecule has 0 aliphatic carbocycles. The monoisotopic (exact) mass is 509 g/mol. The summed E-state index contributed by atoms with van der Waals surface area (Å²) in [6, 6.07) is 8.04. The topological polar surface area (TPSA) is 69.3 Å². The van der Waals surface area contributed by atoms with Crippen LogP contribution in [-0.2, 0) is 19.3 Å². The van der Waals surface area contributed by atoms with Crippen molar-refractivity contribution in [2.45, 2.75) is 32.7 Å². The average molecular weight is 511 g/mol. The van der Waals surface area contributed by atoms with Crippen LogP contribution in [0.5, 0.6) is 5.75 Å². The molecule has 0 saturated carbocycles. The van der Waals surface area contributed by atoms with E-state index in [1.807, 2.05) is 0 Å². The third-order valence-corrected chi connectivity index (χ3v) is 5.66. The van der Waals surface area contributed by atoms with Crippen molar-refractivity contribution in [3.8, 4) is 5.75 Å². The molecule has 12 heteroatoms. The number of hydrogen-bond donors (Lipinski definition) is 1. The number of nitrogens with zero attached hydrogens (tertiary/aromatic N) is 2. The number of carbonyl (C=O) groups excluding carboxylic acids is 1. The third kappa shape index (κ3) is 5.70. The Balaban J connectivity index is 1.48. The number of benzene rings is 1. The van der Waals surface area contributed by atoms with Crippen molar-refractivity contribution in [2.24, 2.45) is 0 Å². The standard InChI is InChI=1S/C20H17Cl3F3N3O3/c1-11-16(22)18(20(24,25)26)28-29(11)9-3-8-27-19(30)15-7-6-12(32-15)10-31-14-5-2-4-13(21)17(14)23/h2,4-7H,3,8-10H2,1H3,(H,27,30). The lowest BCUT2D eigenvalue weighted by atomic mass is 10.3. The van der Waals surface area contributed by atoms with Crippen molar-refractivity contribution >= 4 is 40.7 Å². The number of carbonyl (C=O) groups is 1. The molecule has 1 N–H and O–H groups in total. The van der Waals surface area contributed by atoms with Crippen LogP contribution in [0.4, 0.5) is 13.2 Å². The average Bonchev–Trinajstić information content (AvgIpc) is 3.32. The Morgan fingerprint density at radius 1 is 1.19 bits per heavy atom. The van der Waals surface area contributed by atoms with Crippen LogP contribution >= 0.6 is 34.8 Å². The van der Waals surface area contributed by atoms with Gasteiger partial charge in [-0.15, -0.1) is 0 Å². The molecule has 2 heterocycles. The molecule has 0 saturated heterocycles. The summed E-state index contributed by atoms with van der Waals surface area (Å²) < 4.78 is 50.8. The van der Waals surface area contributed by atoms with Crippen molar-refractivity contribution in [3.63, 3.8) is 0 Å². The number of amides is 1. The lowest BCUT2D eigenvalue weighted by molar-refractivity contribution is -0.141. The van der Waals surface area contributed by atoms with Gasteiger partial charge in [-0.1, -0.05) is 40.9 Å². The molecule has 6 nitrogen and oxygen atoms in total. The lowest BCUT2D eigenvalue weighted by Gasteiger charge is -2.07. The van der Waals surface area contributed by atoms with Crippen LogP contribution in [0.15, 0.2) is 34.7 Å². The number of aryl methyl sites for hydroxylation is 1. The summed E-state index contributed by atoms with van der Waals surface area (Å²) in [5, 5.41) is 6.35. The highest BCUT2D eigenvalue weighted by atomic mass is 35.5. The Hall–Kier alpha value is -2.36. The molecule has 0 fully saturated rings. The van der Waals surface area contributed by atoms with E-state index in [0.29, 0.717) is 23.0 Å². The Morgan fingerprint density at radius 2 is 1.94 bits per heavy atom. The second-order valence-electron chi connectivity index (χ2n) is 6.68. The van der Waals surface area contributed by atoms with Crippen LogP contribution in [0.1, 0.15) is 34.1 Å². The minimum absolute atomic E-state index is 0.0359. The predicted octanol–water partition coefficient (Wildman–Crippen LogP) is 6.16. The van der Waals surface area contributed by atoms with Gasteiger partial charge in [-0.3, -0.25) is 9.48 Å². The summed E-state index contributed by atoms with van der Waals surface area (Å²) in [4.78, 5) is 12.2. The van der Waals surface area contributed by atoms with Gasteiger partial charge in [0.15, 0.2) is 11.5 Å². The molecule has 0 radical (unpaired) electrons. The Morgan fingerprint density at radius 3 is 2.62 bits per heavy atom. The molecule has 32 heavy (non-hydrogen) atoms. The molecular formula is C20H17Cl3F3N3O3. The maximum Gasteiger partial charge on any atom is 0.436 e. The molecule has 0 atom stereocenters. The van der Waals surface area contributed by atoms with E-state index in [1.54, 1.807) is 24.3 Å². The maximum absolute atomic E-state index is 12.9. The van der Waals surface area contributed by atoms with E-state index < -0.39 is 22.8 Å². The van der Waals surface area contributed by atoms with Gasteiger partial charge in [-0.05, 0) is 37.6 Å². The van der Waals surface area contributed by atoms with Crippen molar-refractivity contribution < 1.29 is 27.1 Å². The normalized spacial score (nSPS) is 11.6. The smallest absolute Gasteiger partial charge is 0.436 e. The molecule has 1 aromatic carbocycles. The summed E-state index contributed by atoms with van der Waals surface area (Å²) in [5.41, 5.74) is -0.911. The van der Waals surface area contributed by atoms with Gasteiger partial charge in [0, 0.05) is 13.1 Å². The molecule has 0 aliphatic heterocycles. The molecule has 172 valence electrons. The number of halogens is 6. The highest BCUT2D eigenvalue weighted by molar-refractivity contribution is 6.42. The zero-order valence-corrected chi connectivity index (χ0v) is 18.9. The van der Waals surface area contributed by atoms with Gasteiger partial charge in [-0.2, -0.15) is 18.3 Å². The van der Waals surface area contributed by atoms with Gasteiger partial charge >= 0.3 is 6.18 Å². The number of nitrogens with one attached hydrogen (secondary N) is 1. The number of furan rings is 1. The van der Waals surface area contributed by atoms with Crippen molar-refractivity contribution in [2.75, 3.05) is 6.54 Å². The van der Waals surface area contributed by atoms with Crippen molar-refractivity contribution in [1.29, 1.82) is 0 Å². The van der Waals surface area contributed by atoms with E-state index in [9.17, 15) is 18.0 Å². The fraction of sp³-hybridized carbons (Fsp3) is 0.300. The van der Waals surface area contributed by atoms with Crippen molar-refractivity contribution in [3.05, 3.63) is 68.3 Å². The van der Waals surface area contributed by atoms with E-state index in [2.05, 4.69) is 10.4 Å². The van der Waals surface area contributed by atoms with E-state index in [4.69, 9.17) is 44.0 Å². The molecule has 1 amide bonds. The molecule has 0 bridgehead atoms. The first-order valence-corrected chi connectivity index (χ1v) is 10.4. The minimum Gasteiger partial charge on any atom is -0.484 e. The third-order valence-electron chi connectivity index (χ3n) is 4.41. The van der Waals surface area contributed by atoms with Crippen molar-refractivity contribution in [1.82, 2.24) is 15.1 Å². The van der Waals surface area contributed by atoms with Crippen LogP contribution in [0.3, 0.4) is 0 Å². The number of rotatable bonds is 8. The van der Waals surface area contributed by atoms with Crippen LogP contribution in [-0.4, -0.2) is 22.2 Å². The molecule has 0 unspecified atom stereocenters. The number of hydrogen-bond acceptors (Lipinski definition) is 4. The van der Waals surface area contributed by atoms with E-state index in [1.165, 1.54) is 17.7 Å². The quantitative estimate of drug-likeness (QED) is 0.368. The molecule has 2 aromatic heterocycles. The largest absolute Gasteiger partial charge is 0.484 e. The Labute approximate surface area is 196 Å². The fourth-order valence-corrected chi connectivity index (χ4v) is 3.35. The Bertz CT molecular complexity index is 1110. The lowest BCUT2D eigenvalue weighted by Crippen LogP contribution is -2.25. The van der Waals surface area contributed by atoms with Crippen LogP contribution in [0.25, 0.3) is 0 Å². The summed E-state index contributed by atoms with van der Waals surface area (Å²) in [6.45, 7) is 1.84. The summed E-state index contributed by atoms with van der Waals surface area (Å²) >= 11 is 17.7. The highest BCUT2D eigenvalue weighted by Crippen LogP contribution is 2.35. The zero-order chi connectivity index (χ0) is 23.5. The van der Waals surface area contributed by atoms with Crippen LogP contribution in [0, 0.1) is 6.92 Å². The Kier molecular flexibility index (Phi) is 7.63. The van der Waals surface area contributed by atoms with Gasteiger partial charge in [-0.25, -0.2) is 0 Å². The van der Waals surface area contributed by atoms with Gasteiger partial charge < -0.3 is 14.5 Å². The number of alkyl halides is 3. The highest BCUT2D eigenvalue weighted by Gasteiger charge is 2.38. The summed E-state index contributed by atoms with van der Waals surface area (Å²) in [5.74, 6) is 0.374. The maximum atomic E-state index is 12.9. The zero-order valence-electron chi connectivity index (χ0n) is 16.6. The van der Waals surface area contributed by atoms with Gasteiger partial charge in [0.2, 0.25) is 0 Å². The molecular weight excluding hydrogens is 494 g/mol. The first-order chi connectivity index (χ1) is 15.1. The predicted molar refractivity (Wildman–Crippen MR) is 113 cm³/mol. The van der Waals surface area contributed by atoms with E-state index in [-0.39, 0.29) is 36.2 Å². The fourth-order valence-electron chi connectivity index (χ4n) is 2.76. The number of aromatic nitrogens is 2. The molecule has 0 aliphatic rings. The van der Waals surface area contributed by atoms with Gasteiger partial charge in [0.05, 0.1) is 15.7 Å². The molecule has 3 rings (SSSR count). The van der Waals surface area contributed by atoms with Crippen LogP contribution < -0.4 is 10.1 Å². The van der Waals surface area contributed by atoms with Gasteiger partial charge in [0.25, 0.3) is 5.91 Å². The van der Waals surface area contributed by atoms with E-state index >= 15 is 0 Å². The second-order valence-corrected chi connectivity index (χ2v) is 7.85. The second kappa shape index (κ2) is 10.1. The molecule has 0 spiro atoms. The van der Waals surface area contributed by atoms with Crippen LogP contribution in [0.2, 0.25) is 15.1 Å². The summed E-state index contributed by atoms with van der Waals surface area (Å²) in [7, 11) is 0. The summed E-state index contributed by atoms with van der Waals surface area (Å²) in [6.07, 6.45) is -4.29. The first-order valence-electron chi connectivity index (χ1n) is 9.31. The number of ether oxygens (including phenoxy) is 1. The van der Waals surface area contributed by atoms with Gasteiger partial charge in [0.1, 0.15) is 23.1 Å². The van der Waals surface area contributed by atoms with E-state index in [0.717, 1.165) is 0 Å². The SMILES string of the molecule is Cc1c(Cl)c(C(F)(F)F)nn1CCCNC(=O)c1ccc(COc2cccc(Cl)c2Cl)o1. The molecule has 3 aromatic rings.